The largest absolute Gasteiger partial charge is 0.350 e. The quantitative estimate of drug-likeness (QED) is 0.729. The number of carbonyl (C=O) groups excluding carboxylic acids is 1. The highest BCUT2D eigenvalue weighted by molar-refractivity contribution is 6.03. The van der Waals surface area contributed by atoms with E-state index >= 15 is 0 Å². The van der Waals surface area contributed by atoms with Crippen LogP contribution in [0, 0.1) is 18.6 Å². The van der Waals surface area contributed by atoms with Gasteiger partial charge in [-0.1, -0.05) is 29.8 Å². The smallest absolute Gasteiger partial charge is 0.258 e. The Morgan fingerprint density at radius 1 is 1.08 bits per heavy atom. The van der Waals surface area contributed by atoms with Gasteiger partial charge < -0.3 is 10.6 Å². The molecule has 1 amide bonds. The van der Waals surface area contributed by atoms with Crippen LogP contribution in [-0.2, 0) is 6.54 Å². The van der Waals surface area contributed by atoms with Crippen LogP contribution in [0.3, 0.4) is 0 Å². The molecule has 0 bridgehead atoms. The number of benzene rings is 2. The summed E-state index contributed by atoms with van der Waals surface area (Å²) in [5.74, 6) is -1.78. The molecular formula is C19H16F2N4O. The molecule has 0 aliphatic heterocycles. The summed E-state index contributed by atoms with van der Waals surface area (Å²) in [6.07, 6.45) is 2.67. The maximum atomic E-state index is 13.6. The van der Waals surface area contributed by atoms with E-state index in [1.54, 1.807) is 0 Å². The highest BCUT2D eigenvalue weighted by Gasteiger charge is 2.11. The summed E-state index contributed by atoms with van der Waals surface area (Å²) in [6.45, 7) is 2.56. The predicted molar refractivity (Wildman–Crippen MR) is 94.8 cm³/mol. The minimum Gasteiger partial charge on any atom is -0.350 e. The Hall–Kier alpha value is -3.35. The molecule has 0 saturated carbocycles. The summed E-state index contributed by atoms with van der Waals surface area (Å²) in [4.78, 5) is 20.3. The Morgan fingerprint density at radius 3 is 2.54 bits per heavy atom. The summed E-state index contributed by atoms with van der Waals surface area (Å²) in [5, 5.41) is 5.42. The van der Waals surface area contributed by atoms with Crippen LogP contribution in [0.5, 0.6) is 0 Å². The second-order valence-electron chi connectivity index (χ2n) is 5.72. The van der Waals surface area contributed by atoms with Gasteiger partial charge in [0.2, 0.25) is 5.95 Å². The molecule has 0 aliphatic rings. The van der Waals surface area contributed by atoms with Crippen LogP contribution in [0.15, 0.2) is 54.9 Å². The Balaban J connectivity index is 1.62. The van der Waals surface area contributed by atoms with Crippen LogP contribution >= 0.6 is 0 Å². The van der Waals surface area contributed by atoms with Crippen LogP contribution < -0.4 is 10.6 Å². The highest BCUT2D eigenvalue weighted by atomic mass is 19.1. The number of rotatable bonds is 5. The topological polar surface area (TPSA) is 66.9 Å². The van der Waals surface area contributed by atoms with Gasteiger partial charge in [-0.15, -0.1) is 0 Å². The summed E-state index contributed by atoms with van der Waals surface area (Å²) >= 11 is 0. The maximum Gasteiger partial charge on any atom is 0.258 e. The molecule has 0 fully saturated rings. The Kier molecular flexibility index (Phi) is 5.17. The molecule has 0 unspecified atom stereocenters. The summed E-state index contributed by atoms with van der Waals surface area (Å²) in [6, 6.07) is 10.9. The van der Waals surface area contributed by atoms with Gasteiger partial charge in [-0.25, -0.2) is 18.7 Å². The second kappa shape index (κ2) is 7.69. The number of hydrogen-bond acceptors (Lipinski definition) is 4. The van der Waals surface area contributed by atoms with E-state index in [1.165, 1.54) is 12.4 Å². The lowest BCUT2D eigenvalue weighted by Gasteiger charge is -2.08. The standard InChI is InChI=1S/C19H16F2N4O/c1-12-3-2-4-13(7-12)9-22-19-23-10-14(11-24-19)18(26)25-17-6-5-15(20)8-16(17)21/h2-8,10-11H,9H2,1H3,(H,25,26)(H,22,23,24). The van der Waals surface area contributed by atoms with Crippen molar-refractivity contribution in [3.05, 3.63) is 83.2 Å². The van der Waals surface area contributed by atoms with Crippen molar-refractivity contribution in [2.24, 2.45) is 0 Å². The van der Waals surface area contributed by atoms with E-state index in [2.05, 4.69) is 20.6 Å². The van der Waals surface area contributed by atoms with Gasteiger partial charge in [-0.05, 0) is 24.6 Å². The first-order valence-electron chi connectivity index (χ1n) is 7.89. The highest BCUT2D eigenvalue weighted by Crippen LogP contribution is 2.16. The summed E-state index contributed by atoms with van der Waals surface area (Å²) < 4.78 is 26.5. The number of aromatic nitrogens is 2. The zero-order chi connectivity index (χ0) is 18.5. The fourth-order valence-electron chi connectivity index (χ4n) is 2.33. The van der Waals surface area contributed by atoms with E-state index in [0.717, 1.165) is 23.3 Å². The fraction of sp³-hybridized carbons (Fsp3) is 0.105. The Bertz CT molecular complexity index is 929. The fourth-order valence-corrected chi connectivity index (χ4v) is 2.33. The maximum absolute atomic E-state index is 13.6. The van der Waals surface area contributed by atoms with Crippen molar-refractivity contribution in [1.29, 1.82) is 0 Å². The van der Waals surface area contributed by atoms with E-state index in [4.69, 9.17) is 0 Å². The molecule has 0 aliphatic carbocycles. The monoisotopic (exact) mass is 354 g/mol. The molecule has 2 N–H and O–H groups in total. The number of aryl methyl sites for hydroxylation is 1. The van der Waals surface area contributed by atoms with Gasteiger partial charge in [0, 0.05) is 25.0 Å². The molecule has 0 atom stereocenters. The van der Waals surface area contributed by atoms with Crippen molar-refractivity contribution in [2.75, 3.05) is 10.6 Å². The van der Waals surface area contributed by atoms with E-state index in [0.29, 0.717) is 18.6 Å². The third kappa shape index (κ3) is 4.38. The normalized spacial score (nSPS) is 10.4. The number of halogens is 2. The number of carbonyl (C=O) groups is 1. The van der Waals surface area contributed by atoms with Gasteiger partial charge in [0.25, 0.3) is 5.91 Å². The van der Waals surface area contributed by atoms with Crippen molar-refractivity contribution in [2.45, 2.75) is 13.5 Å². The molecule has 132 valence electrons. The average Bonchev–Trinajstić information content (AvgIpc) is 2.63. The van der Waals surface area contributed by atoms with Crippen molar-refractivity contribution in [3.8, 4) is 0 Å². The number of anilines is 2. The lowest BCUT2D eigenvalue weighted by Crippen LogP contribution is -2.14. The molecule has 0 spiro atoms. The Morgan fingerprint density at radius 2 is 1.85 bits per heavy atom. The van der Waals surface area contributed by atoms with Gasteiger partial charge in [0.15, 0.2) is 0 Å². The number of hydrogen-bond donors (Lipinski definition) is 2. The third-order valence-corrected chi connectivity index (χ3v) is 3.63. The van der Waals surface area contributed by atoms with Crippen molar-refractivity contribution < 1.29 is 13.6 Å². The molecule has 1 heterocycles. The second-order valence-corrected chi connectivity index (χ2v) is 5.72. The van der Waals surface area contributed by atoms with Crippen LogP contribution in [-0.4, -0.2) is 15.9 Å². The minimum absolute atomic E-state index is 0.113. The first-order valence-corrected chi connectivity index (χ1v) is 7.89. The minimum atomic E-state index is -0.851. The number of nitrogens with one attached hydrogen (secondary N) is 2. The third-order valence-electron chi connectivity index (χ3n) is 3.63. The van der Waals surface area contributed by atoms with Gasteiger partial charge in [-0.3, -0.25) is 4.79 Å². The van der Waals surface area contributed by atoms with Crippen LogP contribution in [0.4, 0.5) is 20.4 Å². The van der Waals surface area contributed by atoms with Crippen molar-refractivity contribution in [3.63, 3.8) is 0 Å². The molecule has 0 radical (unpaired) electrons. The van der Waals surface area contributed by atoms with Crippen LogP contribution in [0.2, 0.25) is 0 Å². The van der Waals surface area contributed by atoms with E-state index < -0.39 is 17.5 Å². The zero-order valence-electron chi connectivity index (χ0n) is 14.0. The number of nitrogens with zero attached hydrogens (tertiary/aromatic N) is 2. The van der Waals surface area contributed by atoms with Crippen molar-refractivity contribution in [1.82, 2.24) is 9.97 Å². The molecule has 26 heavy (non-hydrogen) atoms. The van der Waals surface area contributed by atoms with Gasteiger partial charge >= 0.3 is 0 Å². The molecule has 5 nitrogen and oxygen atoms in total. The molecule has 3 aromatic rings. The van der Waals surface area contributed by atoms with Crippen molar-refractivity contribution >= 4 is 17.5 Å². The first-order chi connectivity index (χ1) is 12.5. The van der Waals surface area contributed by atoms with Gasteiger partial charge in [0.1, 0.15) is 11.6 Å². The van der Waals surface area contributed by atoms with E-state index in [-0.39, 0.29) is 11.3 Å². The zero-order valence-corrected chi connectivity index (χ0v) is 14.0. The average molecular weight is 354 g/mol. The summed E-state index contributed by atoms with van der Waals surface area (Å²) in [7, 11) is 0. The SMILES string of the molecule is Cc1cccc(CNc2ncc(C(=O)Nc3ccc(F)cc3F)cn2)c1. The lowest BCUT2D eigenvalue weighted by molar-refractivity contribution is 0.102. The van der Waals surface area contributed by atoms with E-state index in [9.17, 15) is 13.6 Å². The Labute approximate surface area is 149 Å². The molecule has 0 saturated heterocycles. The molecular weight excluding hydrogens is 338 g/mol. The van der Waals surface area contributed by atoms with Gasteiger partial charge in [0.05, 0.1) is 11.3 Å². The number of amides is 1. The van der Waals surface area contributed by atoms with E-state index in [1.807, 2.05) is 31.2 Å². The first kappa shape index (κ1) is 17.5. The van der Waals surface area contributed by atoms with Crippen LogP contribution in [0.25, 0.3) is 0 Å². The summed E-state index contributed by atoms with van der Waals surface area (Å²) in [5.41, 5.74) is 2.29. The molecule has 2 aromatic carbocycles. The predicted octanol–water partition coefficient (Wildman–Crippen LogP) is 3.93. The van der Waals surface area contributed by atoms with Crippen LogP contribution in [0.1, 0.15) is 21.5 Å². The lowest BCUT2D eigenvalue weighted by atomic mass is 10.1. The molecule has 3 rings (SSSR count). The van der Waals surface area contributed by atoms with Gasteiger partial charge in [-0.2, -0.15) is 0 Å². The molecule has 1 aromatic heterocycles. The molecule has 7 heteroatoms.